The predicted molar refractivity (Wildman–Crippen MR) is 115 cm³/mol. The number of para-hydroxylation sites is 3. The molecule has 0 bridgehead atoms. The topological polar surface area (TPSA) is 98.7 Å². The molecule has 164 valence electrons. The van der Waals surface area contributed by atoms with Gasteiger partial charge in [0, 0.05) is 18.7 Å². The third-order valence-electron chi connectivity index (χ3n) is 4.48. The zero-order valence-corrected chi connectivity index (χ0v) is 17.3. The van der Waals surface area contributed by atoms with E-state index in [0.29, 0.717) is 49.1 Å². The molecular formula is C22H25N3O6. The van der Waals surface area contributed by atoms with E-state index in [1.54, 1.807) is 41.3 Å². The van der Waals surface area contributed by atoms with Gasteiger partial charge in [0.25, 0.3) is 11.8 Å². The number of hydrogen-bond acceptors (Lipinski definition) is 7. The highest BCUT2D eigenvalue weighted by Gasteiger charge is 2.17. The summed E-state index contributed by atoms with van der Waals surface area (Å²) in [5.41, 5.74) is 1.17. The van der Waals surface area contributed by atoms with Crippen molar-refractivity contribution in [1.29, 1.82) is 0 Å². The Hall–Kier alpha value is -3.59. The number of anilines is 1. The first kappa shape index (κ1) is 22.1. The van der Waals surface area contributed by atoms with Gasteiger partial charge in [-0.2, -0.15) is 0 Å². The zero-order chi connectivity index (χ0) is 21.9. The van der Waals surface area contributed by atoms with Gasteiger partial charge in [0.1, 0.15) is 11.5 Å². The van der Waals surface area contributed by atoms with Gasteiger partial charge in [0.2, 0.25) is 0 Å². The first-order valence-electron chi connectivity index (χ1n) is 9.83. The molecule has 1 aliphatic rings. The summed E-state index contributed by atoms with van der Waals surface area (Å²) < 4.78 is 16.1. The lowest BCUT2D eigenvalue weighted by atomic mass is 10.2. The monoisotopic (exact) mass is 427 g/mol. The third kappa shape index (κ3) is 6.71. The summed E-state index contributed by atoms with van der Waals surface area (Å²) in [7, 11) is 1.53. The van der Waals surface area contributed by atoms with Crippen LogP contribution in [0.15, 0.2) is 53.7 Å². The molecular weight excluding hydrogens is 402 g/mol. The Balaban J connectivity index is 1.48. The van der Waals surface area contributed by atoms with Crippen molar-refractivity contribution in [3.05, 3.63) is 54.1 Å². The molecule has 1 heterocycles. The van der Waals surface area contributed by atoms with E-state index in [2.05, 4.69) is 10.5 Å². The Morgan fingerprint density at radius 2 is 1.77 bits per heavy atom. The summed E-state index contributed by atoms with van der Waals surface area (Å²) in [6.07, 6.45) is 1.44. The van der Waals surface area contributed by atoms with E-state index in [4.69, 9.17) is 19.0 Å². The molecule has 9 nitrogen and oxygen atoms in total. The van der Waals surface area contributed by atoms with Crippen LogP contribution in [0.5, 0.6) is 11.5 Å². The minimum atomic E-state index is -0.373. The van der Waals surface area contributed by atoms with E-state index in [1.165, 1.54) is 13.3 Å². The molecule has 2 aromatic rings. The molecule has 1 aliphatic heterocycles. The van der Waals surface area contributed by atoms with Crippen LogP contribution in [-0.2, 0) is 19.2 Å². The molecule has 31 heavy (non-hydrogen) atoms. The predicted octanol–water partition coefficient (Wildman–Crippen LogP) is 1.92. The number of rotatable bonds is 9. The van der Waals surface area contributed by atoms with Crippen LogP contribution >= 0.6 is 0 Å². The van der Waals surface area contributed by atoms with Gasteiger partial charge in [-0.3, -0.25) is 9.59 Å². The van der Waals surface area contributed by atoms with Gasteiger partial charge in [-0.1, -0.05) is 29.4 Å². The number of carbonyl (C=O) groups is 2. The largest absolute Gasteiger partial charge is 0.495 e. The van der Waals surface area contributed by atoms with E-state index in [0.717, 1.165) is 0 Å². The summed E-state index contributed by atoms with van der Waals surface area (Å²) >= 11 is 0. The van der Waals surface area contributed by atoms with Crippen molar-refractivity contribution in [2.75, 3.05) is 51.9 Å². The second-order valence-corrected chi connectivity index (χ2v) is 6.58. The standard InChI is InChI=1S/C22H25N3O6/c1-28-20-9-5-3-7-18(20)24-21(26)15-31-23-14-17-6-2-4-8-19(17)30-16-22(27)25-10-12-29-13-11-25/h2-9,14H,10-13,15-16H2,1H3,(H,24,26). The summed E-state index contributed by atoms with van der Waals surface area (Å²) in [6.45, 7) is 1.86. The third-order valence-corrected chi connectivity index (χ3v) is 4.48. The maximum absolute atomic E-state index is 12.2. The number of oxime groups is 1. The van der Waals surface area contributed by atoms with Crippen molar-refractivity contribution in [3.63, 3.8) is 0 Å². The van der Waals surface area contributed by atoms with E-state index in [1.807, 2.05) is 12.1 Å². The number of nitrogens with zero attached hydrogens (tertiary/aromatic N) is 2. The van der Waals surface area contributed by atoms with Gasteiger partial charge in [-0.25, -0.2) is 0 Å². The normalized spacial score (nSPS) is 13.6. The van der Waals surface area contributed by atoms with Crippen LogP contribution in [0, 0.1) is 0 Å². The summed E-state index contributed by atoms with van der Waals surface area (Å²) in [4.78, 5) is 31.1. The van der Waals surface area contributed by atoms with E-state index in [9.17, 15) is 9.59 Å². The lowest BCUT2D eigenvalue weighted by molar-refractivity contribution is -0.137. The van der Waals surface area contributed by atoms with Crippen LogP contribution < -0.4 is 14.8 Å². The number of ether oxygens (including phenoxy) is 3. The van der Waals surface area contributed by atoms with E-state index >= 15 is 0 Å². The molecule has 1 N–H and O–H groups in total. The Morgan fingerprint density at radius 3 is 2.55 bits per heavy atom. The average molecular weight is 427 g/mol. The van der Waals surface area contributed by atoms with Crippen molar-refractivity contribution in [3.8, 4) is 11.5 Å². The summed E-state index contributed by atoms with van der Waals surface area (Å²) in [5.74, 6) is 0.577. The molecule has 2 aromatic carbocycles. The minimum absolute atomic E-state index is 0.0764. The number of amides is 2. The number of nitrogens with one attached hydrogen (secondary N) is 1. The second-order valence-electron chi connectivity index (χ2n) is 6.58. The fourth-order valence-corrected chi connectivity index (χ4v) is 2.89. The van der Waals surface area contributed by atoms with Crippen LogP contribution in [0.3, 0.4) is 0 Å². The Bertz CT molecular complexity index is 912. The molecule has 0 aromatic heterocycles. The molecule has 0 atom stereocenters. The highest BCUT2D eigenvalue weighted by Crippen LogP contribution is 2.22. The van der Waals surface area contributed by atoms with Gasteiger partial charge < -0.3 is 29.3 Å². The number of methoxy groups -OCH3 is 1. The highest BCUT2D eigenvalue weighted by molar-refractivity contribution is 5.93. The molecule has 1 fully saturated rings. The van der Waals surface area contributed by atoms with Crippen LogP contribution in [0.1, 0.15) is 5.56 Å². The fourth-order valence-electron chi connectivity index (χ4n) is 2.89. The maximum atomic E-state index is 12.2. The maximum Gasteiger partial charge on any atom is 0.265 e. The molecule has 3 rings (SSSR count). The lowest BCUT2D eigenvalue weighted by Gasteiger charge is -2.26. The average Bonchev–Trinajstić information content (AvgIpc) is 2.82. The van der Waals surface area contributed by atoms with Crippen LogP contribution in [0.2, 0.25) is 0 Å². The molecule has 1 saturated heterocycles. The molecule has 9 heteroatoms. The number of hydrogen-bond donors (Lipinski definition) is 1. The Labute approximate surface area is 180 Å². The molecule has 2 amide bonds. The molecule has 0 aliphatic carbocycles. The van der Waals surface area contributed by atoms with Gasteiger partial charge in [0.15, 0.2) is 13.2 Å². The lowest BCUT2D eigenvalue weighted by Crippen LogP contribution is -2.43. The fraction of sp³-hybridized carbons (Fsp3) is 0.318. The van der Waals surface area contributed by atoms with Crippen molar-refractivity contribution < 1.29 is 28.6 Å². The molecule has 0 saturated carbocycles. The quantitative estimate of drug-likeness (QED) is 0.485. The Morgan fingerprint density at radius 1 is 1.06 bits per heavy atom. The summed E-state index contributed by atoms with van der Waals surface area (Å²) in [5, 5.41) is 6.53. The van der Waals surface area contributed by atoms with Crippen molar-refractivity contribution >= 4 is 23.7 Å². The van der Waals surface area contributed by atoms with Crippen LogP contribution in [0.4, 0.5) is 5.69 Å². The Kier molecular flexibility index (Phi) is 8.24. The first-order chi connectivity index (χ1) is 15.2. The number of carbonyl (C=O) groups excluding carboxylic acids is 2. The highest BCUT2D eigenvalue weighted by atomic mass is 16.6. The minimum Gasteiger partial charge on any atom is -0.495 e. The second kappa shape index (κ2) is 11.6. The van der Waals surface area contributed by atoms with Gasteiger partial charge in [-0.05, 0) is 24.3 Å². The number of benzene rings is 2. The van der Waals surface area contributed by atoms with Crippen molar-refractivity contribution in [2.45, 2.75) is 0 Å². The molecule has 0 spiro atoms. The SMILES string of the molecule is COc1ccccc1NC(=O)CON=Cc1ccccc1OCC(=O)N1CCOCC1. The molecule has 0 unspecified atom stereocenters. The van der Waals surface area contributed by atoms with Crippen LogP contribution in [0.25, 0.3) is 0 Å². The van der Waals surface area contributed by atoms with Gasteiger partial charge in [-0.15, -0.1) is 0 Å². The number of morpholine rings is 1. The van der Waals surface area contributed by atoms with Crippen LogP contribution in [-0.4, -0.2) is 69.6 Å². The zero-order valence-electron chi connectivity index (χ0n) is 17.3. The van der Waals surface area contributed by atoms with E-state index in [-0.39, 0.29) is 25.0 Å². The first-order valence-corrected chi connectivity index (χ1v) is 9.83. The van der Waals surface area contributed by atoms with Crippen molar-refractivity contribution in [2.24, 2.45) is 5.16 Å². The van der Waals surface area contributed by atoms with Gasteiger partial charge >= 0.3 is 0 Å². The summed E-state index contributed by atoms with van der Waals surface area (Å²) in [6, 6.07) is 14.2. The van der Waals surface area contributed by atoms with Crippen molar-refractivity contribution in [1.82, 2.24) is 4.90 Å². The molecule has 0 radical (unpaired) electrons. The van der Waals surface area contributed by atoms with Gasteiger partial charge in [0.05, 0.1) is 32.2 Å². The van der Waals surface area contributed by atoms with E-state index < -0.39 is 0 Å². The smallest absolute Gasteiger partial charge is 0.265 e.